The fourth-order valence-electron chi connectivity index (χ4n) is 7.07. The van der Waals surface area contributed by atoms with Crippen molar-refractivity contribution in [3.63, 3.8) is 0 Å². The molecule has 0 aromatic heterocycles. The Hall–Kier alpha value is -8.24. The van der Waals surface area contributed by atoms with Crippen molar-refractivity contribution < 1.29 is 17.6 Å². The van der Waals surface area contributed by atoms with Crippen molar-refractivity contribution in [3.8, 4) is 82.9 Å². The highest BCUT2D eigenvalue weighted by Crippen LogP contribution is 2.17. The van der Waals surface area contributed by atoms with E-state index in [2.05, 4.69) is 211 Å². The predicted octanol–water partition coefficient (Wildman–Crippen LogP) is 24.9. The molecule has 0 radical (unpaired) electrons. The smallest absolute Gasteiger partial charge is 0.160 e. The Bertz CT molecular complexity index is 3600. The molecular formula is C89H102Cl2F4. The van der Waals surface area contributed by atoms with E-state index in [1.54, 1.807) is 12.1 Å². The first kappa shape index (κ1) is 84.8. The van der Waals surface area contributed by atoms with Crippen molar-refractivity contribution in [1.82, 2.24) is 0 Å². The summed E-state index contributed by atoms with van der Waals surface area (Å²) in [6.45, 7) is 36.1. The molecule has 7 rings (SSSR count). The molecule has 7 aromatic rings. The van der Waals surface area contributed by atoms with Crippen LogP contribution in [0.5, 0.6) is 0 Å². The van der Waals surface area contributed by atoms with E-state index in [0.29, 0.717) is 47.0 Å². The molecule has 0 aliphatic rings. The zero-order chi connectivity index (χ0) is 70.9. The van der Waals surface area contributed by atoms with Crippen molar-refractivity contribution in [2.75, 3.05) is 0 Å². The molecule has 0 unspecified atom stereocenters. The van der Waals surface area contributed by atoms with Gasteiger partial charge in [-0.2, -0.15) is 0 Å². The van der Waals surface area contributed by atoms with Crippen LogP contribution < -0.4 is 0 Å². The van der Waals surface area contributed by atoms with Gasteiger partial charge < -0.3 is 0 Å². The quantitative estimate of drug-likeness (QED) is 0.0998. The second-order valence-electron chi connectivity index (χ2n) is 25.5. The highest BCUT2D eigenvalue weighted by atomic mass is 35.5. The molecule has 0 fully saturated rings. The van der Waals surface area contributed by atoms with Crippen LogP contribution in [0.25, 0.3) is 0 Å². The Morgan fingerprint density at radius 3 is 0.947 bits per heavy atom. The van der Waals surface area contributed by atoms with Gasteiger partial charge >= 0.3 is 0 Å². The number of aryl methyl sites for hydroxylation is 3. The lowest BCUT2D eigenvalue weighted by atomic mass is 10.1. The van der Waals surface area contributed by atoms with Gasteiger partial charge in [-0.3, -0.25) is 0 Å². The summed E-state index contributed by atoms with van der Waals surface area (Å²) in [5.74, 6) is 45.1. The van der Waals surface area contributed by atoms with Crippen molar-refractivity contribution in [1.29, 1.82) is 0 Å². The summed E-state index contributed by atoms with van der Waals surface area (Å²) in [6, 6.07) is 47.3. The monoisotopic (exact) mass is 1320 g/mol. The van der Waals surface area contributed by atoms with Crippen LogP contribution in [0.1, 0.15) is 211 Å². The Morgan fingerprint density at radius 2 is 0.611 bits per heavy atom. The molecule has 95 heavy (non-hydrogen) atoms. The van der Waals surface area contributed by atoms with Crippen LogP contribution >= 0.6 is 23.2 Å². The van der Waals surface area contributed by atoms with Crippen LogP contribution in [0.4, 0.5) is 17.6 Å². The van der Waals surface area contributed by atoms with E-state index in [-0.39, 0.29) is 11.6 Å². The first-order valence-corrected chi connectivity index (χ1v) is 34.0. The lowest BCUT2D eigenvalue weighted by Crippen LogP contribution is -1.88. The molecule has 500 valence electrons. The second kappa shape index (κ2) is 51.1. The molecule has 0 aliphatic carbocycles. The molecule has 0 N–H and O–H groups in total. The topological polar surface area (TPSA) is 0 Å². The van der Waals surface area contributed by atoms with Gasteiger partial charge in [0.1, 0.15) is 11.6 Å². The molecule has 0 amide bonds. The summed E-state index contributed by atoms with van der Waals surface area (Å²) in [5.41, 5.74) is 9.66. The van der Waals surface area contributed by atoms with E-state index in [1.165, 1.54) is 29.8 Å². The van der Waals surface area contributed by atoms with Gasteiger partial charge in [-0.05, 0) is 193 Å². The van der Waals surface area contributed by atoms with Gasteiger partial charge in [-0.15, -0.1) is 0 Å². The molecule has 0 aliphatic heterocycles. The number of hydrogen-bond donors (Lipinski definition) is 0. The molecule has 6 heteroatoms. The molecule has 0 saturated heterocycles. The Balaban J connectivity index is 0.000000555. The standard InChI is InChI=1S/C14H17F.C14H18.C13H15Cl.C12H13Cl.C12H12F2.C12H13F.C12H14/c1-4-13-9-8-12(10-14(13)15)7-5-6-11(2)3;1-4-13-8-10-14(11-9-13)7-5-6-12(2)3;1-10(2)5-4-6-12-8-7-11(3)13(14)9-12;1-10(2)4-3-5-11-6-8-12(13)9-7-11;1-9(2)4-3-5-10-6-7-11(13)12(14)8-10;1-10(2)4-3-5-11-6-8-12(13)9-7-11;1-11(2)7-6-10-12-8-4-3-5-9-12/h8-11H,4,6H2,1-3H3;8-12H,4,6H2,1-3H3;7-10H,5H2,1-3H3;6-10H,4H2,1-2H3;6-9H,4H2,1-2H3;6-10H,4H2,1-2H3;3-5,8-9,11H,7H2,1-2H3. The van der Waals surface area contributed by atoms with Crippen molar-refractivity contribution in [2.24, 2.45) is 41.4 Å². The summed E-state index contributed by atoms with van der Waals surface area (Å²) in [5, 5.41) is 1.55. The molecule has 7 aromatic carbocycles. The zero-order valence-electron chi connectivity index (χ0n) is 59.7. The van der Waals surface area contributed by atoms with Crippen LogP contribution in [0.2, 0.25) is 10.0 Å². The minimum absolute atomic E-state index is 0.145. The largest absolute Gasteiger partial charge is 0.207 e. The van der Waals surface area contributed by atoms with Gasteiger partial charge in [0, 0.05) is 93.9 Å². The third kappa shape index (κ3) is 45.7. The van der Waals surface area contributed by atoms with Gasteiger partial charge in [0.25, 0.3) is 0 Å². The number of hydrogen-bond acceptors (Lipinski definition) is 0. The predicted molar refractivity (Wildman–Crippen MR) is 403 cm³/mol. The average molecular weight is 1320 g/mol. The lowest BCUT2D eigenvalue weighted by Gasteiger charge is -1.99. The molecule has 0 spiro atoms. The number of rotatable bonds is 9. The van der Waals surface area contributed by atoms with Gasteiger partial charge in [0.15, 0.2) is 11.6 Å². The zero-order valence-corrected chi connectivity index (χ0v) is 61.2. The van der Waals surface area contributed by atoms with Crippen LogP contribution in [0.3, 0.4) is 0 Å². The minimum Gasteiger partial charge on any atom is -0.207 e. The van der Waals surface area contributed by atoms with Crippen LogP contribution in [-0.4, -0.2) is 0 Å². The summed E-state index contributed by atoms with van der Waals surface area (Å²) in [4.78, 5) is 0. The summed E-state index contributed by atoms with van der Waals surface area (Å²) in [6.07, 6.45) is 8.18. The fourth-order valence-corrected chi connectivity index (χ4v) is 7.38. The van der Waals surface area contributed by atoms with E-state index in [0.717, 1.165) is 124 Å². The maximum absolute atomic E-state index is 13.4. The van der Waals surface area contributed by atoms with Crippen LogP contribution in [0, 0.1) is 155 Å². The fraction of sp³-hybridized carbons (Fsp3) is 0.371. The molecule has 0 heterocycles. The normalized spacial score (nSPS) is 9.66. The highest BCUT2D eigenvalue weighted by molar-refractivity contribution is 6.31. The van der Waals surface area contributed by atoms with Crippen molar-refractivity contribution >= 4 is 23.2 Å². The van der Waals surface area contributed by atoms with Gasteiger partial charge in [-0.25, -0.2) is 17.6 Å². The van der Waals surface area contributed by atoms with E-state index >= 15 is 0 Å². The molecular weight excluding hydrogens is 1220 g/mol. The number of halogens is 6. The van der Waals surface area contributed by atoms with Gasteiger partial charge in [0.05, 0.1) is 0 Å². The van der Waals surface area contributed by atoms with E-state index in [1.807, 2.05) is 98.8 Å². The van der Waals surface area contributed by atoms with E-state index < -0.39 is 11.6 Å². The second-order valence-corrected chi connectivity index (χ2v) is 26.3. The van der Waals surface area contributed by atoms with Crippen LogP contribution in [0.15, 0.2) is 158 Å². The lowest BCUT2D eigenvalue weighted by molar-refractivity contribution is 0.508. The first-order chi connectivity index (χ1) is 45.2. The molecule has 0 nitrogen and oxygen atoms in total. The van der Waals surface area contributed by atoms with E-state index in [9.17, 15) is 17.6 Å². The van der Waals surface area contributed by atoms with Crippen LogP contribution in [-0.2, 0) is 12.8 Å². The first-order valence-electron chi connectivity index (χ1n) is 33.3. The third-order valence-electron chi connectivity index (χ3n) is 12.6. The average Bonchev–Trinajstić information content (AvgIpc) is 2.07. The van der Waals surface area contributed by atoms with E-state index in [4.69, 9.17) is 23.2 Å². The van der Waals surface area contributed by atoms with Crippen molar-refractivity contribution in [3.05, 3.63) is 247 Å². The summed E-state index contributed by atoms with van der Waals surface area (Å²) < 4.78 is 51.1. The number of benzene rings is 7. The van der Waals surface area contributed by atoms with Crippen molar-refractivity contribution in [2.45, 2.75) is 175 Å². The molecule has 0 bridgehead atoms. The Kier molecular flexibility index (Phi) is 45.6. The van der Waals surface area contributed by atoms with Gasteiger partial charge in [-0.1, -0.05) is 259 Å². The maximum Gasteiger partial charge on any atom is 0.160 e. The SMILES string of the molecule is CC(C)CC#Cc1ccc(Cl)cc1.CC(C)CC#Cc1ccc(F)c(F)c1.CC(C)CC#Cc1ccc(F)cc1.CC(C)CC#Cc1ccccc1.CCc1ccc(C#CCC(C)C)cc1.CCc1ccc(C#CCC(C)C)cc1F.Cc1ccc(C#CCC(C)C)cc1Cl. The maximum atomic E-state index is 13.4. The summed E-state index contributed by atoms with van der Waals surface area (Å²) >= 11 is 11.7. The Labute approximate surface area is 583 Å². The third-order valence-corrected chi connectivity index (χ3v) is 13.2. The van der Waals surface area contributed by atoms with Gasteiger partial charge in [0.2, 0.25) is 0 Å². The molecule has 0 saturated carbocycles. The minimum atomic E-state index is -0.846. The Morgan fingerprint density at radius 1 is 0.305 bits per heavy atom. The molecule has 0 atom stereocenters. The highest BCUT2D eigenvalue weighted by Gasteiger charge is 2.02. The summed E-state index contributed by atoms with van der Waals surface area (Å²) in [7, 11) is 0.